The summed E-state index contributed by atoms with van der Waals surface area (Å²) >= 11 is 0. The van der Waals surface area contributed by atoms with Crippen LogP contribution >= 0.6 is 0 Å². The van der Waals surface area contributed by atoms with Gasteiger partial charge in [-0.3, -0.25) is 9.59 Å². The lowest BCUT2D eigenvalue weighted by Gasteiger charge is -2.37. The van der Waals surface area contributed by atoms with Crippen LogP contribution in [0, 0.1) is 5.92 Å². The Morgan fingerprint density at radius 3 is 2.46 bits per heavy atom. The van der Waals surface area contributed by atoms with Gasteiger partial charge in [-0.15, -0.1) is 0 Å². The largest absolute Gasteiger partial charge is 0.472 e. The van der Waals surface area contributed by atoms with Crippen LogP contribution in [0.25, 0.3) is 12.2 Å². The summed E-state index contributed by atoms with van der Waals surface area (Å²) in [6, 6.07) is 20.4. The van der Waals surface area contributed by atoms with E-state index in [1.807, 2.05) is 74.5 Å². The zero-order valence-corrected chi connectivity index (χ0v) is 21.4. The van der Waals surface area contributed by atoms with E-state index in [0.29, 0.717) is 24.2 Å². The van der Waals surface area contributed by atoms with Crippen molar-refractivity contribution < 1.29 is 19.4 Å². The van der Waals surface area contributed by atoms with Gasteiger partial charge in [-0.25, -0.2) is 4.98 Å². The molecule has 1 N–H and O–H groups in total. The Morgan fingerprint density at radius 1 is 1.14 bits per heavy atom. The number of aromatic nitrogens is 1. The first-order valence-corrected chi connectivity index (χ1v) is 12.5. The molecule has 0 unspecified atom stereocenters. The van der Waals surface area contributed by atoms with Crippen LogP contribution in [0.1, 0.15) is 45.7 Å². The van der Waals surface area contributed by atoms with Crippen molar-refractivity contribution in [3.8, 4) is 5.88 Å². The monoisotopic (exact) mass is 499 g/mol. The van der Waals surface area contributed by atoms with Gasteiger partial charge in [0.2, 0.25) is 5.88 Å². The number of aliphatic hydroxyl groups is 1. The number of amides is 2. The van der Waals surface area contributed by atoms with Crippen LogP contribution in [-0.2, 0) is 0 Å². The van der Waals surface area contributed by atoms with Gasteiger partial charge < -0.3 is 19.6 Å². The molecule has 3 aromatic rings. The van der Waals surface area contributed by atoms with E-state index in [1.165, 1.54) is 0 Å². The molecule has 0 spiro atoms. The van der Waals surface area contributed by atoms with Gasteiger partial charge in [-0.1, -0.05) is 67.6 Å². The first kappa shape index (κ1) is 26.1. The van der Waals surface area contributed by atoms with Gasteiger partial charge in [0.25, 0.3) is 11.8 Å². The fourth-order valence-corrected chi connectivity index (χ4v) is 4.34. The van der Waals surface area contributed by atoms with E-state index in [1.54, 1.807) is 41.2 Å². The maximum atomic E-state index is 13.6. The van der Waals surface area contributed by atoms with E-state index >= 15 is 0 Å². The van der Waals surface area contributed by atoms with Crippen LogP contribution in [-0.4, -0.2) is 70.6 Å². The second kappa shape index (κ2) is 11.8. The van der Waals surface area contributed by atoms with Gasteiger partial charge in [0.1, 0.15) is 11.7 Å². The zero-order valence-electron chi connectivity index (χ0n) is 21.4. The highest BCUT2D eigenvalue weighted by atomic mass is 16.5. The maximum Gasteiger partial charge on any atom is 0.259 e. The minimum Gasteiger partial charge on any atom is -0.472 e. The number of hydrogen-bond acceptors (Lipinski definition) is 5. The molecule has 0 bridgehead atoms. The number of carbonyl (C=O) groups is 2. The van der Waals surface area contributed by atoms with E-state index in [2.05, 4.69) is 4.98 Å². The van der Waals surface area contributed by atoms with Crippen molar-refractivity contribution in [3.05, 3.63) is 95.2 Å². The lowest BCUT2D eigenvalue weighted by atomic mass is 9.99. The Hall–Kier alpha value is -3.97. The van der Waals surface area contributed by atoms with Gasteiger partial charge in [0.05, 0.1) is 19.2 Å². The minimum atomic E-state index is -0.406. The highest BCUT2D eigenvalue weighted by molar-refractivity contribution is 5.97. The molecule has 3 atom stereocenters. The highest BCUT2D eigenvalue weighted by Gasteiger charge is 2.34. The fraction of sp³-hybridized carbons (Fsp3) is 0.300. The van der Waals surface area contributed by atoms with Crippen LogP contribution in [0.2, 0.25) is 0 Å². The summed E-state index contributed by atoms with van der Waals surface area (Å²) in [6.07, 6.45) is 5.13. The number of benzene rings is 2. The van der Waals surface area contributed by atoms with Crippen molar-refractivity contribution in [1.29, 1.82) is 0 Å². The summed E-state index contributed by atoms with van der Waals surface area (Å²) in [7, 11) is 1.75. The second-order valence-corrected chi connectivity index (χ2v) is 9.54. The Bertz CT molecular complexity index is 1250. The molecule has 2 heterocycles. The third-order valence-electron chi connectivity index (χ3n) is 6.63. The van der Waals surface area contributed by atoms with E-state index in [4.69, 9.17) is 4.74 Å². The van der Waals surface area contributed by atoms with Crippen LogP contribution in [0.3, 0.4) is 0 Å². The van der Waals surface area contributed by atoms with Crippen LogP contribution in [0.5, 0.6) is 5.88 Å². The third kappa shape index (κ3) is 6.24. The van der Waals surface area contributed by atoms with E-state index in [0.717, 1.165) is 11.1 Å². The van der Waals surface area contributed by atoms with Gasteiger partial charge >= 0.3 is 0 Å². The van der Waals surface area contributed by atoms with Crippen LogP contribution in [0.4, 0.5) is 0 Å². The summed E-state index contributed by atoms with van der Waals surface area (Å²) in [5.74, 6) is -0.228. The predicted molar refractivity (Wildman–Crippen MR) is 144 cm³/mol. The molecule has 7 nitrogen and oxygen atoms in total. The van der Waals surface area contributed by atoms with Gasteiger partial charge in [-0.2, -0.15) is 0 Å². The first-order valence-electron chi connectivity index (χ1n) is 12.5. The molecule has 0 saturated heterocycles. The fourth-order valence-electron chi connectivity index (χ4n) is 4.34. The van der Waals surface area contributed by atoms with Crippen LogP contribution < -0.4 is 4.74 Å². The van der Waals surface area contributed by atoms with E-state index in [9.17, 15) is 14.7 Å². The average molecular weight is 500 g/mol. The van der Waals surface area contributed by atoms with Gasteiger partial charge in [0.15, 0.2) is 0 Å². The summed E-state index contributed by atoms with van der Waals surface area (Å²) in [5, 5.41) is 9.87. The number of ether oxygens (including phenoxy) is 1. The maximum absolute atomic E-state index is 13.6. The van der Waals surface area contributed by atoms with Crippen molar-refractivity contribution >= 4 is 24.0 Å². The van der Waals surface area contributed by atoms with Gasteiger partial charge in [0, 0.05) is 31.3 Å². The lowest BCUT2D eigenvalue weighted by molar-refractivity contribution is 0.0313. The molecule has 37 heavy (non-hydrogen) atoms. The number of likely N-dealkylation sites (N-methyl/N-ethyl adjacent to an activating group) is 1. The van der Waals surface area contributed by atoms with E-state index < -0.39 is 6.10 Å². The van der Waals surface area contributed by atoms with Gasteiger partial charge in [-0.05, 0) is 36.2 Å². The molecular weight excluding hydrogens is 466 g/mol. The van der Waals surface area contributed by atoms with Crippen molar-refractivity contribution in [1.82, 2.24) is 14.8 Å². The first-order chi connectivity index (χ1) is 17.9. The standard InChI is InChI=1S/C30H33N3O4/c1-21-18-33(22(2)20-34)30(36)26-16-24(15-14-23-10-6-4-7-11-23)17-31-28(26)37-27(21)19-32(3)29(35)25-12-8-5-9-13-25/h4-17,21-22,27,34H,18-20H2,1-3H3/b15-14+/t21-,22+,27-/m0/s1. The minimum absolute atomic E-state index is 0.107. The third-order valence-corrected chi connectivity index (χ3v) is 6.63. The second-order valence-electron chi connectivity index (χ2n) is 9.54. The number of aliphatic hydroxyl groups excluding tert-OH is 1. The molecule has 2 aromatic carbocycles. The smallest absolute Gasteiger partial charge is 0.259 e. The quantitative estimate of drug-likeness (QED) is 0.526. The molecule has 4 rings (SSSR count). The molecule has 1 aliphatic rings. The number of nitrogens with zero attached hydrogens (tertiary/aromatic N) is 3. The molecular formula is C30H33N3O4. The average Bonchev–Trinajstić information content (AvgIpc) is 2.94. The molecule has 7 heteroatoms. The van der Waals surface area contributed by atoms with Crippen molar-refractivity contribution in [2.45, 2.75) is 26.0 Å². The van der Waals surface area contributed by atoms with Crippen molar-refractivity contribution in [3.63, 3.8) is 0 Å². The predicted octanol–water partition coefficient (Wildman–Crippen LogP) is 4.24. The Kier molecular flexibility index (Phi) is 8.36. The number of pyridine rings is 1. The molecule has 192 valence electrons. The highest BCUT2D eigenvalue weighted by Crippen LogP contribution is 2.28. The van der Waals surface area contributed by atoms with Crippen molar-refractivity contribution in [2.75, 3.05) is 26.7 Å². The molecule has 0 fully saturated rings. The van der Waals surface area contributed by atoms with Crippen LogP contribution in [0.15, 0.2) is 72.9 Å². The number of fused-ring (bicyclic) bond motifs is 1. The zero-order chi connectivity index (χ0) is 26.4. The topological polar surface area (TPSA) is 83.0 Å². The molecule has 0 saturated carbocycles. The summed E-state index contributed by atoms with van der Waals surface area (Å²) < 4.78 is 6.32. The summed E-state index contributed by atoms with van der Waals surface area (Å²) in [5.41, 5.74) is 2.73. The van der Waals surface area contributed by atoms with E-state index in [-0.39, 0.29) is 36.3 Å². The molecule has 0 radical (unpaired) electrons. The summed E-state index contributed by atoms with van der Waals surface area (Å²) in [4.78, 5) is 34.4. The summed E-state index contributed by atoms with van der Waals surface area (Å²) in [6.45, 7) is 4.34. The number of carbonyl (C=O) groups excluding carboxylic acids is 2. The SMILES string of the molecule is C[C@H](CO)N1C[C@H](C)[C@H](CN(C)C(=O)c2ccccc2)Oc2ncc(/C=C/c3ccccc3)cc2C1=O. The molecule has 2 amide bonds. The lowest BCUT2D eigenvalue weighted by Crippen LogP contribution is -2.50. The molecule has 0 aliphatic carbocycles. The Labute approximate surface area is 218 Å². The molecule has 1 aliphatic heterocycles. The Morgan fingerprint density at radius 2 is 1.78 bits per heavy atom. The molecule has 1 aromatic heterocycles. The Balaban J connectivity index is 1.64. The van der Waals surface area contributed by atoms with Crippen molar-refractivity contribution in [2.24, 2.45) is 5.92 Å². The number of rotatable bonds is 7. The normalized spacial score (nSPS) is 18.5. The number of hydrogen-bond donors (Lipinski definition) is 1.